The highest BCUT2D eigenvalue weighted by Gasteiger charge is 2.93. The molecule has 2 heterocycles. The second-order valence-corrected chi connectivity index (χ2v) is 8.53. The lowest BCUT2D eigenvalue weighted by atomic mass is 9.52. The minimum atomic E-state index is -4.81. The highest BCUT2D eigenvalue weighted by atomic mass is 35.5. The molecule has 4 unspecified atom stereocenters. The highest BCUT2D eigenvalue weighted by Crippen LogP contribution is 2.80. The van der Waals surface area contributed by atoms with E-state index in [2.05, 4.69) is 9.47 Å². The average Bonchev–Trinajstić information content (AvgIpc) is 2.75. The van der Waals surface area contributed by atoms with Crippen molar-refractivity contribution < 1.29 is 44.6 Å². The summed E-state index contributed by atoms with van der Waals surface area (Å²) >= 11 is 23.3. The summed E-state index contributed by atoms with van der Waals surface area (Å²) in [4.78, 5) is -6.67. The molecule has 26 heavy (non-hydrogen) atoms. The summed E-state index contributed by atoms with van der Waals surface area (Å²) in [5.41, 5.74) is 0. The second-order valence-electron chi connectivity index (χ2n) is 6.53. The predicted octanol–water partition coefficient (Wildman–Crippen LogP) is 5.55. The van der Waals surface area contributed by atoms with Gasteiger partial charge in [0.2, 0.25) is 0 Å². The summed E-state index contributed by atoms with van der Waals surface area (Å²) in [6.07, 6.45) is -19.3. The largest absolute Gasteiger partial charge is 0.365 e. The Kier molecular flexibility index (Phi) is 3.54. The predicted molar refractivity (Wildman–Crippen MR) is 71.8 cm³/mol. The number of rotatable bonds is 0. The Morgan fingerprint density at radius 3 is 0.923 bits per heavy atom. The molecule has 2 bridgehead atoms. The van der Waals surface area contributed by atoms with Crippen molar-refractivity contribution >= 4 is 46.4 Å². The molecule has 0 N–H and O–H groups in total. The maximum Gasteiger partial charge on any atom is 0.365 e. The number of alkyl halides is 10. The first-order valence-electron chi connectivity index (χ1n) is 6.81. The van der Waals surface area contributed by atoms with Crippen molar-refractivity contribution in [1.82, 2.24) is 0 Å². The van der Waals surface area contributed by atoms with E-state index < -0.39 is 67.9 Å². The van der Waals surface area contributed by atoms with E-state index in [9.17, 15) is 35.1 Å². The molecule has 0 amide bonds. The molecule has 0 aromatic rings. The summed E-state index contributed by atoms with van der Waals surface area (Å²) in [6.45, 7) is 0. The van der Waals surface area contributed by atoms with E-state index in [0.29, 0.717) is 0 Å². The Bertz CT molecular complexity index is 641. The standard InChI is InChI=1S/C12H4Cl4F8O2/c13-5-6(14)8(16)2-1(9(17,18)25-10(2,19)20)7(5,15)3-4(8)12(23,24)26-11(3,21)22/h1-4H. The molecular weight excluding hydrogens is 470 g/mol. The molecule has 2 nitrogen and oxygen atoms in total. The van der Waals surface area contributed by atoms with Gasteiger partial charge < -0.3 is 0 Å². The van der Waals surface area contributed by atoms with Crippen molar-refractivity contribution in [1.29, 1.82) is 0 Å². The lowest BCUT2D eigenvalue weighted by Gasteiger charge is -2.59. The zero-order valence-corrected chi connectivity index (χ0v) is 14.7. The van der Waals surface area contributed by atoms with E-state index in [0.717, 1.165) is 0 Å². The van der Waals surface area contributed by atoms with Crippen LogP contribution in [0.5, 0.6) is 0 Å². The van der Waals surface area contributed by atoms with Crippen molar-refractivity contribution in [3.05, 3.63) is 10.1 Å². The summed E-state index contributed by atoms with van der Waals surface area (Å²) in [5.74, 6) is -11.9. The van der Waals surface area contributed by atoms with Crippen LogP contribution in [0.25, 0.3) is 0 Å². The molecule has 0 radical (unpaired) electrons. The summed E-state index contributed by atoms with van der Waals surface area (Å²) in [5, 5.41) is -2.31. The molecule has 14 heteroatoms. The first kappa shape index (κ1) is 19.6. The van der Waals surface area contributed by atoms with Crippen LogP contribution < -0.4 is 0 Å². The van der Waals surface area contributed by atoms with Crippen LogP contribution in [0.15, 0.2) is 10.1 Å². The summed E-state index contributed by atoms with van der Waals surface area (Å²) in [6, 6.07) is 0. The van der Waals surface area contributed by atoms with E-state index in [1.54, 1.807) is 0 Å². The minimum absolute atomic E-state index is 1.15. The number of allylic oxidation sites excluding steroid dienone is 2. The molecule has 2 aliphatic heterocycles. The van der Waals surface area contributed by atoms with Crippen LogP contribution in [-0.4, -0.2) is 34.2 Å². The van der Waals surface area contributed by atoms with Gasteiger partial charge in [-0.2, -0.15) is 35.1 Å². The molecule has 3 aliphatic carbocycles. The zero-order valence-electron chi connectivity index (χ0n) is 11.7. The van der Waals surface area contributed by atoms with Gasteiger partial charge in [0.25, 0.3) is 0 Å². The zero-order chi connectivity index (χ0) is 19.9. The number of ether oxygens (including phenoxy) is 2. The SMILES string of the molecule is FC1(F)OC(F)(F)C2C1C1(Cl)C(Cl)=C(Cl)C2(Cl)C2C1C(F)(F)OC2(F)F. The van der Waals surface area contributed by atoms with Gasteiger partial charge in [-0.1, -0.05) is 23.2 Å². The Morgan fingerprint density at radius 1 is 0.538 bits per heavy atom. The fraction of sp³-hybridized carbons (Fsp3) is 0.833. The van der Waals surface area contributed by atoms with Gasteiger partial charge in [-0.25, -0.2) is 0 Å². The van der Waals surface area contributed by atoms with E-state index in [1.807, 2.05) is 0 Å². The Morgan fingerprint density at radius 2 is 0.731 bits per heavy atom. The molecule has 5 aliphatic rings. The molecule has 0 spiro atoms. The average molecular weight is 474 g/mol. The van der Waals surface area contributed by atoms with Gasteiger partial charge in [0.1, 0.15) is 9.75 Å². The van der Waals surface area contributed by atoms with Crippen molar-refractivity contribution in [2.45, 2.75) is 34.2 Å². The third kappa shape index (κ3) is 1.85. The van der Waals surface area contributed by atoms with E-state index in [4.69, 9.17) is 46.4 Å². The lowest BCUT2D eigenvalue weighted by molar-refractivity contribution is -0.351. The van der Waals surface area contributed by atoms with Crippen LogP contribution in [0.1, 0.15) is 0 Å². The van der Waals surface area contributed by atoms with Gasteiger partial charge >= 0.3 is 24.4 Å². The van der Waals surface area contributed by atoms with Gasteiger partial charge in [-0.15, -0.1) is 23.2 Å². The fourth-order valence-corrected chi connectivity index (χ4v) is 6.69. The van der Waals surface area contributed by atoms with Gasteiger partial charge in [-0.05, 0) is 0 Å². The summed E-state index contributed by atoms with van der Waals surface area (Å²) in [7, 11) is 0. The van der Waals surface area contributed by atoms with Gasteiger partial charge in [0.15, 0.2) is 0 Å². The Labute approximate surface area is 159 Å². The monoisotopic (exact) mass is 472 g/mol. The molecule has 0 aromatic heterocycles. The molecule has 148 valence electrons. The van der Waals surface area contributed by atoms with Crippen molar-refractivity contribution in [2.24, 2.45) is 23.7 Å². The molecule has 3 fully saturated rings. The maximum atomic E-state index is 14.2. The number of hydrogen-bond donors (Lipinski definition) is 0. The fourth-order valence-electron chi connectivity index (χ4n) is 4.61. The Balaban J connectivity index is 2.11. The normalized spacial score (nSPS) is 52.2. The maximum absolute atomic E-state index is 14.2. The quantitative estimate of drug-likeness (QED) is 0.339. The minimum Gasteiger partial charge on any atom is -0.255 e. The van der Waals surface area contributed by atoms with Crippen molar-refractivity contribution in [3.63, 3.8) is 0 Å². The van der Waals surface area contributed by atoms with Crippen LogP contribution in [0, 0.1) is 23.7 Å². The molecule has 4 atom stereocenters. The van der Waals surface area contributed by atoms with E-state index >= 15 is 0 Å². The highest BCUT2D eigenvalue weighted by molar-refractivity contribution is 6.50. The van der Waals surface area contributed by atoms with Crippen LogP contribution >= 0.6 is 46.4 Å². The van der Waals surface area contributed by atoms with E-state index in [-0.39, 0.29) is 0 Å². The van der Waals surface area contributed by atoms with E-state index in [1.165, 1.54) is 0 Å². The molecular formula is C12H4Cl4F8O2. The van der Waals surface area contributed by atoms with Crippen molar-refractivity contribution in [2.75, 3.05) is 0 Å². The first-order valence-corrected chi connectivity index (χ1v) is 8.32. The number of hydrogen-bond acceptors (Lipinski definition) is 2. The third-order valence-electron chi connectivity index (χ3n) is 5.34. The van der Waals surface area contributed by atoms with Gasteiger partial charge in [-0.3, -0.25) is 9.47 Å². The first-order chi connectivity index (χ1) is 11.5. The van der Waals surface area contributed by atoms with Gasteiger partial charge in [0, 0.05) is 0 Å². The molecule has 5 rings (SSSR count). The van der Waals surface area contributed by atoms with Gasteiger partial charge in [0.05, 0.1) is 33.7 Å². The van der Waals surface area contributed by atoms with Crippen LogP contribution in [0.2, 0.25) is 0 Å². The van der Waals surface area contributed by atoms with Crippen LogP contribution in [0.3, 0.4) is 0 Å². The lowest BCUT2D eigenvalue weighted by Crippen LogP contribution is -2.72. The van der Waals surface area contributed by atoms with Crippen LogP contribution in [-0.2, 0) is 9.47 Å². The molecule has 0 aromatic carbocycles. The summed E-state index contributed by atoms with van der Waals surface area (Å²) < 4.78 is 120. The molecule has 2 saturated heterocycles. The number of halogens is 12. The second kappa shape index (κ2) is 4.70. The third-order valence-corrected chi connectivity index (χ3v) is 7.95. The smallest absolute Gasteiger partial charge is 0.255 e. The molecule has 1 saturated carbocycles. The topological polar surface area (TPSA) is 18.5 Å². The van der Waals surface area contributed by atoms with Crippen molar-refractivity contribution in [3.8, 4) is 0 Å². The Hall–Kier alpha value is 0.260. The van der Waals surface area contributed by atoms with Crippen LogP contribution in [0.4, 0.5) is 35.1 Å².